The first kappa shape index (κ1) is 15.1. The van der Waals surface area contributed by atoms with Crippen molar-refractivity contribution in [3.05, 3.63) is 17.7 Å². The number of hydrogen-bond donors (Lipinski definition) is 2. The highest BCUT2D eigenvalue weighted by molar-refractivity contribution is 8.00. The first-order valence-corrected chi connectivity index (χ1v) is 8.12. The minimum absolute atomic E-state index is 0.126. The summed E-state index contributed by atoms with van der Waals surface area (Å²) >= 11 is 1.83. The molecule has 1 heterocycles. The fourth-order valence-corrected chi connectivity index (χ4v) is 2.67. The van der Waals surface area contributed by atoms with Crippen LogP contribution in [0.3, 0.4) is 0 Å². The lowest BCUT2D eigenvalue weighted by molar-refractivity contribution is 0.0948. The van der Waals surface area contributed by atoms with Crippen LogP contribution >= 0.6 is 11.8 Å². The first-order valence-electron chi connectivity index (χ1n) is 6.89. The van der Waals surface area contributed by atoms with Crippen molar-refractivity contribution in [2.45, 2.75) is 37.4 Å². The lowest BCUT2D eigenvalue weighted by atomic mass is 10.2. The Hall–Kier alpha value is -1.30. The molecule has 20 heavy (non-hydrogen) atoms. The molecule has 0 aromatic carbocycles. The zero-order chi connectivity index (χ0) is 14.8. The molecule has 0 unspecified atom stereocenters. The maximum atomic E-state index is 12.3. The molecule has 5 nitrogen and oxygen atoms in total. The summed E-state index contributed by atoms with van der Waals surface area (Å²) < 4.78 is 0.253. The van der Waals surface area contributed by atoms with E-state index in [-0.39, 0.29) is 16.6 Å². The van der Waals surface area contributed by atoms with E-state index in [1.54, 1.807) is 13.2 Å². The minimum atomic E-state index is -0.126. The molecule has 0 aliphatic heterocycles. The lowest BCUT2D eigenvalue weighted by Crippen LogP contribution is -2.33. The second kappa shape index (κ2) is 5.99. The smallest absolute Gasteiger partial charge is 0.272 e. The highest BCUT2D eigenvalue weighted by Gasteiger charge is 2.42. The van der Waals surface area contributed by atoms with Crippen LogP contribution in [0.1, 0.15) is 48.9 Å². The largest absolute Gasteiger partial charge is 0.385 e. The van der Waals surface area contributed by atoms with Gasteiger partial charge < -0.3 is 10.6 Å². The number of carbonyl (C=O) groups excluding carboxylic acids is 1. The summed E-state index contributed by atoms with van der Waals surface area (Å²) in [6.07, 6.45) is 6.13. The molecule has 1 saturated carbocycles. The van der Waals surface area contributed by atoms with Gasteiger partial charge >= 0.3 is 0 Å². The number of amides is 1. The van der Waals surface area contributed by atoms with Crippen LogP contribution in [0.2, 0.25) is 0 Å². The van der Waals surface area contributed by atoms with Gasteiger partial charge in [0.1, 0.15) is 5.82 Å². The third kappa shape index (κ3) is 3.23. The number of hydrogen-bond acceptors (Lipinski definition) is 5. The number of thioether (sulfide) groups is 1. The van der Waals surface area contributed by atoms with E-state index in [4.69, 9.17) is 0 Å². The average molecular weight is 294 g/mol. The molecule has 0 spiro atoms. The molecule has 0 atom stereocenters. The van der Waals surface area contributed by atoms with E-state index in [1.165, 1.54) is 12.8 Å². The van der Waals surface area contributed by atoms with E-state index < -0.39 is 0 Å². The van der Waals surface area contributed by atoms with Crippen molar-refractivity contribution in [1.29, 1.82) is 0 Å². The molecule has 2 N–H and O–H groups in total. The number of carbonyl (C=O) groups is 1. The van der Waals surface area contributed by atoms with Crippen LogP contribution < -0.4 is 10.6 Å². The van der Waals surface area contributed by atoms with Crippen molar-refractivity contribution in [3.8, 4) is 0 Å². The van der Waals surface area contributed by atoms with Crippen molar-refractivity contribution in [2.24, 2.45) is 0 Å². The molecule has 110 valence electrons. The zero-order valence-corrected chi connectivity index (χ0v) is 13.3. The Morgan fingerprint density at radius 3 is 2.70 bits per heavy atom. The molecule has 2 rings (SSSR count). The van der Waals surface area contributed by atoms with Crippen LogP contribution in [-0.4, -0.2) is 40.5 Å². The van der Waals surface area contributed by atoms with Gasteiger partial charge in [0.25, 0.3) is 5.91 Å². The maximum absolute atomic E-state index is 12.3. The summed E-state index contributed by atoms with van der Waals surface area (Å²) in [5.74, 6) is 0.771. The van der Waals surface area contributed by atoms with Gasteiger partial charge in [0, 0.05) is 24.3 Å². The van der Waals surface area contributed by atoms with Crippen molar-refractivity contribution in [3.63, 3.8) is 0 Å². The van der Waals surface area contributed by atoms with Gasteiger partial charge in [-0.05, 0) is 19.1 Å². The zero-order valence-electron chi connectivity index (χ0n) is 12.5. The van der Waals surface area contributed by atoms with E-state index in [0.717, 1.165) is 0 Å². The summed E-state index contributed by atoms with van der Waals surface area (Å²) in [5, 5.41) is 5.98. The predicted octanol–water partition coefficient (Wildman–Crippen LogP) is 2.27. The van der Waals surface area contributed by atoms with Gasteiger partial charge in [-0.3, -0.25) is 4.79 Å². The summed E-state index contributed by atoms with van der Waals surface area (Å²) in [6, 6.07) is 0. The van der Waals surface area contributed by atoms with Crippen LogP contribution in [0.15, 0.2) is 6.20 Å². The quantitative estimate of drug-likeness (QED) is 0.842. The summed E-state index contributed by atoms with van der Waals surface area (Å²) in [5.41, 5.74) is 1.10. The van der Waals surface area contributed by atoms with Gasteiger partial charge in [0.15, 0.2) is 5.69 Å². The average Bonchev–Trinajstić information content (AvgIpc) is 3.24. The van der Waals surface area contributed by atoms with E-state index in [2.05, 4.69) is 26.9 Å². The van der Waals surface area contributed by atoms with Crippen LogP contribution in [0.5, 0.6) is 0 Å². The SMILES string of the molecule is CNc1cnc(C(C)C)nc1C(=O)NCC1(SC)CC1. The second-order valence-corrected chi connectivity index (χ2v) is 6.74. The topological polar surface area (TPSA) is 66.9 Å². The van der Waals surface area contributed by atoms with Crippen LogP contribution in [0.25, 0.3) is 0 Å². The monoisotopic (exact) mass is 294 g/mol. The summed E-state index contributed by atoms with van der Waals surface area (Å²) in [6.45, 7) is 4.74. The lowest BCUT2D eigenvalue weighted by Gasteiger charge is -2.15. The van der Waals surface area contributed by atoms with Crippen molar-refractivity contribution in [2.75, 3.05) is 25.2 Å². The molecule has 1 fully saturated rings. The Morgan fingerprint density at radius 2 is 2.20 bits per heavy atom. The van der Waals surface area contributed by atoms with Gasteiger partial charge in [-0.15, -0.1) is 0 Å². The van der Waals surface area contributed by atoms with Crippen LogP contribution in [0, 0.1) is 0 Å². The highest BCUT2D eigenvalue weighted by Crippen LogP contribution is 2.46. The fourth-order valence-electron chi connectivity index (χ4n) is 1.95. The van der Waals surface area contributed by atoms with Gasteiger partial charge in [0.05, 0.1) is 11.9 Å². The molecule has 0 bridgehead atoms. The standard InChI is InChI=1S/C14H22N4OS/c1-9(2)12-16-7-10(15-3)11(18-12)13(19)17-8-14(20-4)5-6-14/h7,9,15H,5-6,8H2,1-4H3,(H,17,19). The third-order valence-electron chi connectivity index (χ3n) is 3.62. The van der Waals surface area contributed by atoms with Crippen LogP contribution in [-0.2, 0) is 0 Å². The molecule has 1 aromatic rings. The number of nitrogens with one attached hydrogen (secondary N) is 2. The first-order chi connectivity index (χ1) is 9.51. The van der Waals surface area contributed by atoms with Crippen molar-refractivity contribution >= 4 is 23.4 Å². The summed E-state index contributed by atoms with van der Waals surface area (Å²) in [4.78, 5) is 21.0. The highest BCUT2D eigenvalue weighted by atomic mass is 32.2. The molecule has 0 radical (unpaired) electrons. The van der Waals surface area contributed by atoms with Crippen molar-refractivity contribution < 1.29 is 4.79 Å². The molecule has 1 amide bonds. The molecule has 1 aromatic heterocycles. The van der Waals surface area contributed by atoms with E-state index in [9.17, 15) is 4.79 Å². The maximum Gasteiger partial charge on any atom is 0.272 e. The Kier molecular flexibility index (Phi) is 4.52. The Balaban J connectivity index is 2.12. The minimum Gasteiger partial charge on any atom is -0.385 e. The predicted molar refractivity (Wildman–Crippen MR) is 83.5 cm³/mol. The van der Waals surface area contributed by atoms with Gasteiger partial charge in [-0.1, -0.05) is 13.8 Å². The van der Waals surface area contributed by atoms with Crippen LogP contribution in [0.4, 0.5) is 5.69 Å². The fraction of sp³-hybridized carbons (Fsp3) is 0.643. The molecule has 0 saturated heterocycles. The third-order valence-corrected chi connectivity index (χ3v) is 5.04. The normalized spacial score (nSPS) is 16.1. The number of anilines is 1. The molecule has 1 aliphatic carbocycles. The Morgan fingerprint density at radius 1 is 1.50 bits per heavy atom. The molecule has 1 aliphatic rings. The van der Waals surface area contributed by atoms with E-state index in [1.807, 2.05) is 25.6 Å². The number of nitrogens with zero attached hydrogens (tertiary/aromatic N) is 2. The van der Waals surface area contributed by atoms with Crippen molar-refractivity contribution in [1.82, 2.24) is 15.3 Å². The molecule has 6 heteroatoms. The number of aromatic nitrogens is 2. The Labute approximate surface area is 124 Å². The molecular weight excluding hydrogens is 272 g/mol. The van der Waals surface area contributed by atoms with E-state index in [0.29, 0.717) is 23.8 Å². The summed E-state index contributed by atoms with van der Waals surface area (Å²) in [7, 11) is 1.77. The van der Waals surface area contributed by atoms with Gasteiger partial charge in [0.2, 0.25) is 0 Å². The van der Waals surface area contributed by atoms with E-state index >= 15 is 0 Å². The Bertz CT molecular complexity index is 500. The van der Waals surface area contributed by atoms with Gasteiger partial charge in [-0.2, -0.15) is 11.8 Å². The molecular formula is C14H22N4OS. The second-order valence-electron chi connectivity index (χ2n) is 5.46. The number of rotatable bonds is 6. The van der Waals surface area contributed by atoms with Gasteiger partial charge in [-0.25, -0.2) is 9.97 Å².